The van der Waals surface area contributed by atoms with Crippen LogP contribution in [0.25, 0.3) is 0 Å². The van der Waals surface area contributed by atoms with Crippen molar-refractivity contribution >= 4 is 5.78 Å². The molecule has 1 N–H and O–H groups in total. The van der Waals surface area contributed by atoms with Gasteiger partial charge in [0.1, 0.15) is 17.4 Å². The van der Waals surface area contributed by atoms with E-state index in [0.717, 1.165) is 11.1 Å². The van der Waals surface area contributed by atoms with Crippen LogP contribution in [0.4, 0.5) is 0 Å². The normalized spacial score (nSPS) is 16.3. The fourth-order valence-corrected chi connectivity index (χ4v) is 2.42. The van der Waals surface area contributed by atoms with E-state index in [9.17, 15) is 9.90 Å². The van der Waals surface area contributed by atoms with Crippen LogP contribution in [-0.4, -0.2) is 31.2 Å². The van der Waals surface area contributed by atoms with Crippen LogP contribution < -0.4 is 14.2 Å². The summed E-state index contributed by atoms with van der Waals surface area (Å²) in [5.74, 6) is 0.376. The molecule has 0 spiro atoms. The average molecular weight is 278 g/mol. The van der Waals surface area contributed by atoms with Gasteiger partial charge in [-0.1, -0.05) is 6.58 Å². The van der Waals surface area contributed by atoms with Crippen LogP contribution in [0.3, 0.4) is 0 Å². The van der Waals surface area contributed by atoms with Crippen LogP contribution in [0.2, 0.25) is 0 Å². The molecule has 20 heavy (non-hydrogen) atoms. The predicted octanol–water partition coefficient (Wildman–Crippen LogP) is 2.49. The topological polar surface area (TPSA) is 65.0 Å². The number of rotatable bonds is 4. The number of hydrogen-bond acceptors (Lipinski definition) is 5. The van der Waals surface area contributed by atoms with Gasteiger partial charge in [-0.15, -0.1) is 0 Å². The second-order valence-electron chi connectivity index (χ2n) is 4.81. The molecule has 0 radical (unpaired) electrons. The zero-order valence-corrected chi connectivity index (χ0v) is 12.1. The van der Waals surface area contributed by atoms with Gasteiger partial charge in [0, 0.05) is 12.0 Å². The van der Waals surface area contributed by atoms with Crippen molar-refractivity contribution in [1.29, 1.82) is 0 Å². The zero-order valence-electron chi connectivity index (χ0n) is 12.1. The molecule has 5 heteroatoms. The van der Waals surface area contributed by atoms with Crippen molar-refractivity contribution in [3.05, 3.63) is 23.3 Å². The van der Waals surface area contributed by atoms with Crippen LogP contribution >= 0.6 is 0 Å². The fraction of sp³-hybridized carbons (Fsp3) is 0.400. The molecule has 1 aromatic rings. The van der Waals surface area contributed by atoms with Gasteiger partial charge in [-0.25, -0.2) is 0 Å². The molecule has 1 atom stereocenters. The molecule has 1 heterocycles. The first-order valence-corrected chi connectivity index (χ1v) is 6.25. The molecule has 0 saturated carbocycles. The Morgan fingerprint density at radius 3 is 2.35 bits per heavy atom. The molecule has 1 aliphatic rings. The smallest absolute Gasteiger partial charge is 0.204 e. The van der Waals surface area contributed by atoms with Crippen LogP contribution in [0.15, 0.2) is 12.2 Å². The molecule has 5 nitrogen and oxygen atoms in total. The van der Waals surface area contributed by atoms with Gasteiger partial charge < -0.3 is 19.3 Å². The lowest BCUT2D eigenvalue weighted by Crippen LogP contribution is -2.13. The van der Waals surface area contributed by atoms with Crippen molar-refractivity contribution in [1.82, 2.24) is 0 Å². The van der Waals surface area contributed by atoms with Crippen LogP contribution in [0.5, 0.6) is 23.0 Å². The molecule has 0 bridgehead atoms. The highest BCUT2D eigenvalue weighted by atomic mass is 16.5. The van der Waals surface area contributed by atoms with E-state index in [2.05, 4.69) is 6.58 Å². The Hall–Kier alpha value is -2.17. The summed E-state index contributed by atoms with van der Waals surface area (Å²) in [7, 11) is 2.88. The number of ketones is 1. The summed E-state index contributed by atoms with van der Waals surface area (Å²) in [6.07, 6.45) is 0.319. The number of benzene rings is 1. The lowest BCUT2D eigenvalue weighted by molar-refractivity contribution is 0.101. The van der Waals surface area contributed by atoms with Gasteiger partial charge in [0.15, 0.2) is 17.3 Å². The lowest BCUT2D eigenvalue weighted by atomic mass is 9.99. The molecular weight excluding hydrogens is 260 g/mol. The molecule has 0 saturated heterocycles. The fourth-order valence-electron chi connectivity index (χ4n) is 2.42. The number of aromatic hydroxyl groups is 1. The second-order valence-corrected chi connectivity index (χ2v) is 4.81. The van der Waals surface area contributed by atoms with Gasteiger partial charge in [-0.2, -0.15) is 0 Å². The van der Waals surface area contributed by atoms with Gasteiger partial charge in [0.2, 0.25) is 5.75 Å². The minimum absolute atomic E-state index is 0.120. The number of carbonyl (C=O) groups excluding carboxylic acids is 1. The molecule has 0 fully saturated rings. The average Bonchev–Trinajstić information content (AvgIpc) is 2.81. The van der Waals surface area contributed by atoms with Gasteiger partial charge in [-0.3, -0.25) is 4.79 Å². The zero-order chi connectivity index (χ0) is 15.0. The molecule has 2 rings (SSSR count). The standard InChI is InChI=1S/C15H18O5/c1-7(2)10-6-9-13(18-4)11(8(3)16)12(17)15(19-5)14(9)20-10/h10,17H,1,6H2,2-5H3. The maximum atomic E-state index is 11.8. The number of fused-ring (bicyclic) bond motifs is 1. The minimum atomic E-state index is -0.292. The number of phenols is 1. The number of hydrogen-bond donors (Lipinski definition) is 1. The minimum Gasteiger partial charge on any atom is -0.504 e. The SMILES string of the molecule is C=C(C)C1Cc2c(c(OC)c(O)c(C(C)=O)c2OC)O1. The Bertz CT molecular complexity index is 589. The molecule has 0 aromatic heterocycles. The summed E-state index contributed by atoms with van der Waals surface area (Å²) in [6, 6.07) is 0. The first-order valence-electron chi connectivity index (χ1n) is 6.25. The highest BCUT2D eigenvalue weighted by Crippen LogP contribution is 2.52. The molecule has 0 amide bonds. The van der Waals surface area contributed by atoms with E-state index in [1.165, 1.54) is 21.1 Å². The Labute approximate surface area is 117 Å². The van der Waals surface area contributed by atoms with Crippen molar-refractivity contribution in [3.8, 4) is 23.0 Å². The quantitative estimate of drug-likeness (QED) is 0.677. The third kappa shape index (κ3) is 1.99. The largest absolute Gasteiger partial charge is 0.504 e. The van der Waals surface area contributed by atoms with Crippen LogP contribution in [-0.2, 0) is 6.42 Å². The molecule has 1 aromatic carbocycles. The van der Waals surface area contributed by atoms with Crippen molar-refractivity contribution in [2.45, 2.75) is 26.4 Å². The summed E-state index contributed by atoms with van der Waals surface area (Å²) in [6.45, 7) is 7.11. The van der Waals surface area contributed by atoms with E-state index in [1.54, 1.807) is 0 Å². The summed E-state index contributed by atoms with van der Waals surface area (Å²) >= 11 is 0. The number of methoxy groups -OCH3 is 2. The van der Waals surface area contributed by atoms with E-state index in [4.69, 9.17) is 14.2 Å². The summed E-state index contributed by atoms with van der Waals surface area (Å²) < 4.78 is 16.3. The van der Waals surface area contributed by atoms with Crippen molar-refractivity contribution in [2.24, 2.45) is 0 Å². The summed E-state index contributed by atoms with van der Waals surface area (Å²) in [5, 5.41) is 10.2. The van der Waals surface area contributed by atoms with Crippen LogP contribution in [0, 0.1) is 0 Å². The van der Waals surface area contributed by atoms with Crippen molar-refractivity contribution in [2.75, 3.05) is 14.2 Å². The van der Waals surface area contributed by atoms with Crippen LogP contribution in [0.1, 0.15) is 29.8 Å². The Morgan fingerprint density at radius 1 is 1.30 bits per heavy atom. The van der Waals surface area contributed by atoms with Crippen molar-refractivity contribution < 1.29 is 24.1 Å². The van der Waals surface area contributed by atoms with E-state index < -0.39 is 0 Å². The molecule has 108 valence electrons. The maximum absolute atomic E-state index is 11.8. The third-order valence-electron chi connectivity index (χ3n) is 3.39. The van der Waals surface area contributed by atoms with Gasteiger partial charge in [0.05, 0.1) is 14.2 Å². The highest BCUT2D eigenvalue weighted by Gasteiger charge is 2.35. The number of ether oxygens (including phenoxy) is 3. The molecule has 1 unspecified atom stereocenters. The molecule has 0 aliphatic carbocycles. The Morgan fingerprint density at radius 2 is 1.90 bits per heavy atom. The second kappa shape index (κ2) is 5.07. The number of phenolic OH excluding ortho intramolecular Hbond substituents is 1. The highest BCUT2D eigenvalue weighted by molar-refractivity contribution is 6.01. The van der Waals surface area contributed by atoms with Gasteiger partial charge in [0.25, 0.3) is 0 Å². The van der Waals surface area contributed by atoms with E-state index in [0.29, 0.717) is 17.9 Å². The van der Waals surface area contributed by atoms with E-state index >= 15 is 0 Å². The van der Waals surface area contributed by atoms with Gasteiger partial charge in [-0.05, 0) is 19.4 Å². The number of carbonyl (C=O) groups is 1. The Balaban J connectivity index is 2.72. The third-order valence-corrected chi connectivity index (χ3v) is 3.39. The monoisotopic (exact) mass is 278 g/mol. The molecular formula is C15H18O5. The first-order chi connectivity index (χ1) is 9.42. The van der Waals surface area contributed by atoms with Gasteiger partial charge >= 0.3 is 0 Å². The number of Topliss-reactive ketones (excluding diaryl/α,β-unsaturated/α-hetero) is 1. The van der Waals surface area contributed by atoms with E-state index in [-0.39, 0.29) is 28.9 Å². The molecule has 1 aliphatic heterocycles. The van der Waals surface area contributed by atoms with Crippen molar-refractivity contribution in [3.63, 3.8) is 0 Å². The first kappa shape index (κ1) is 14.2. The Kier molecular flexibility index (Phi) is 3.61. The summed E-state index contributed by atoms with van der Waals surface area (Å²) in [4.78, 5) is 11.8. The van der Waals surface area contributed by atoms with E-state index in [1.807, 2.05) is 6.92 Å². The maximum Gasteiger partial charge on any atom is 0.204 e. The lowest BCUT2D eigenvalue weighted by Gasteiger charge is -2.16. The summed E-state index contributed by atoms with van der Waals surface area (Å²) in [5.41, 5.74) is 1.70. The predicted molar refractivity (Wildman–Crippen MR) is 74.1 cm³/mol.